The molecule has 1 aromatic carbocycles. The molecule has 0 aromatic heterocycles. The predicted octanol–water partition coefficient (Wildman–Crippen LogP) is 3.42. The number of thioether (sulfide) groups is 1. The van der Waals surface area contributed by atoms with Gasteiger partial charge in [-0.1, -0.05) is 0 Å². The summed E-state index contributed by atoms with van der Waals surface area (Å²) in [5.41, 5.74) is -1.09. The number of hydrogen-bond donors (Lipinski definition) is 2. The first-order valence-corrected chi connectivity index (χ1v) is 9.38. The zero-order valence-electron chi connectivity index (χ0n) is 15.3. The number of amides is 2. The van der Waals surface area contributed by atoms with Gasteiger partial charge >= 0.3 is 6.09 Å². The number of carbonyl (C=O) groups excluding carboxylic acids is 2. The summed E-state index contributed by atoms with van der Waals surface area (Å²) in [7, 11) is 0. The number of nitrogens with one attached hydrogen (secondary N) is 2. The molecule has 0 aliphatic carbocycles. The fraction of sp³-hybridized carbons (Fsp3) is 0.556. The Labute approximate surface area is 153 Å². The molecule has 0 spiro atoms. The maximum absolute atomic E-state index is 12.4. The normalized spacial score (nSPS) is 15.1. The Kier molecular flexibility index (Phi) is 5.87. The van der Waals surface area contributed by atoms with E-state index in [-0.39, 0.29) is 12.0 Å². The van der Waals surface area contributed by atoms with Crippen LogP contribution in [0, 0.1) is 0 Å². The summed E-state index contributed by atoms with van der Waals surface area (Å²) < 4.78 is 11.0. The van der Waals surface area contributed by atoms with Crippen molar-refractivity contribution in [2.24, 2.45) is 0 Å². The molecule has 0 atom stereocenters. The molecule has 0 saturated carbocycles. The third-order valence-corrected chi connectivity index (χ3v) is 4.62. The van der Waals surface area contributed by atoms with Crippen molar-refractivity contribution in [2.75, 3.05) is 16.8 Å². The van der Waals surface area contributed by atoms with Crippen LogP contribution in [0.5, 0.6) is 5.75 Å². The van der Waals surface area contributed by atoms with Crippen molar-refractivity contribution in [2.45, 2.75) is 51.9 Å². The van der Waals surface area contributed by atoms with Crippen LogP contribution in [0.1, 0.15) is 34.6 Å². The fourth-order valence-corrected chi connectivity index (χ4v) is 2.56. The fourth-order valence-electron chi connectivity index (χ4n) is 1.99. The Balaban J connectivity index is 1.89. The Bertz CT molecular complexity index is 619. The largest absolute Gasteiger partial charge is 0.489 e. The Morgan fingerprint density at radius 1 is 1.08 bits per heavy atom. The molecule has 7 heteroatoms. The monoisotopic (exact) mass is 366 g/mol. The average Bonchev–Trinajstić information content (AvgIpc) is 2.41. The van der Waals surface area contributed by atoms with E-state index in [1.165, 1.54) is 0 Å². The van der Waals surface area contributed by atoms with Gasteiger partial charge in [0.25, 0.3) is 0 Å². The summed E-state index contributed by atoms with van der Waals surface area (Å²) >= 11 is 1.86. The smallest absolute Gasteiger partial charge is 0.408 e. The zero-order valence-corrected chi connectivity index (χ0v) is 16.2. The first kappa shape index (κ1) is 19.4. The number of hydrogen-bond acceptors (Lipinski definition) is 5. The van der Waals surface area contributed by atoms with Crippen LogP contribution in [0.2, 0.25) is 0 Å². The summed E-state index contributed by atoms with van der Waals surface area (Å²) in [6.07, 6.45) is -0.350. The predicted molar refractivity (Wildman–Crippen MR) is 100 cm³/mol. The van der Waals surface area contributed by atoms with Crippen LogP contribution >= 0.6 is 11.8 Å². The van der Waals surface area contributed by atoms with Crippen LogP contribution in [-0.4, -0.2) is 40.8 Å². The highest BCUT2D eigenvalue weighted by Crippen LogP contribution is 2.25. The second-order valence-electron chi connectivity index (χ2n) is 7.51. The SMILES string of the molecule is CC(C)(C)OC(=O)NC(C)(C)C(=O)Nc1ccc(OC2CSC2)cc1. The Morgan fingerprint density at radius 3 is 2.16 bits per heavy atom. The quantitative estimate of drug-likeness (QED) is 0.835. The van der Waals surface area contributed by atoms with Crippen LogP contribution in [0.15, 0.2) is 24.3 Å². The highest BCUT2D eigenvalue weighted by atomic mass is 32.2. The molecule has 1 heterocycles. The standard InChI is InChI=1S/C18H26N2O4S/c1-17(2,3)24-16(22)20-18(4,5)15(21)19-12-6-8-13(9-7-12)23-14-10-25-11-14/h6-9,14H,10-11H2,1-5H3,(H,19,21)(H,20,22). The van der Waals surface area contributed by atoms with Gasteiger partial charge in [0.1, 0.15) is 23.0 Å². The molecule has 2 amide bonds. The van der Waals surface area contributed by atoms with Gasteiger partial charge in [-0.25, -0.2) is 4.79 Å². The second kappa shape index (κ2) is 7.56. The maximum atomic E-state index is 12.4. The molecule has 1 aliphatic rings. The van der Waals surface area contributed by atoms with Gasteiger partial charge in [-0.15, -0.1) is 0 Å². The van der Waals surface area contributed by atoms with Crippen molar-refractivity contribution < 1.29 is 19.1 Å². The van der Waals surface area contributed by atoms with Gasteiger partial charge in [0.05, 0.1) is 0 Å². The van der Waals surface area contributed by atoms with Gasteiger partial charge in [-0.2, -0.15) is 11.8 Å². The van der Waals surface area contributed by atoms with Crippen LogP contribution in [-0.2, 0) is 9.53 Å². The summed E-state index contributed by atoms with van der Waals surface area (Å²) in [6, 6.07) is 7.21. The van der Waals surface area contributed by atoms with E-state index in [0.717, 1.165) is 17.3 Å². The van der Waals surface area contributed by atoms with E-state index in [1.54, 1.807) is 46.8 Å². The summed E-state index contributed by atoms with van der Waals surface area (Å²) in [5.74, 6) is 2.49. The van der Waals surface area contributed by atoms with E-state index in [2.05, 4.69) is 10.6 Å². The van der Waals surface area contributed by atoms with Crippen molar-refractivity contribution in [1.82, 2.24) is 5.32 Å². The average molecular weight is 366 g/mol. The van der Waals surface area contributed by atoms with Gasteiger partial charge in [-0.05, 0) is 58.9 Å². The summed E-state index contributed by atoms with van der Waals surface area (Å²) in [4.78, 5) is 24.3. The molecule has 2 N–H and O–H groups in total. The molecule has 25 heavy (non-hydrogen) atoms. The molecule has 2 rings (SSSR count). The first-order chi connectivity index (χ1) is 11.5. The first-order valence-electron chi connectivity index (χ1n) is 8.22. The van der Waals surface area contributed by atoms with Crippen LogP contribution < -0.4 is 15.4 Å². The third kappa shape index (κ3) is 6.16. The van der Waals surface area contributed by atoms with Crippen molar-refractivity contribution in [3.05, 3.63) is 24.3 Å². The van der Waals surface area contributed by atoms with Gasteiger partial charge in [0.15, 0.2) is 0 Å². The van der Waals surface area contributed by atoms with Gasteiger partial charge in [0.2, 0.25) is 5.91 Å². The highest BCUT2D eigenvalue weighted by Gasteiger charge is 2.31. The molecule has 1 fully saturated rings. The summed E-state index contributed by atoms with van der Waals surface area (Å²) in [5, 5.41) is 5.38. The van der Waals surface area contributed by atoms with Gasteiger partial charge < -0.3 is 20.1 Å². The number of benzene rings is 1. The maximum Gasteiger partial charge on any atom is 0.408 e. The number of anilines is 1. The molecule has 1 aromatic rings. The minimum absolute atomic E-state index is 0.280. The molecule has 6 nitrogen and oxygen atoms in total. The minimum Gasteiger partial charge on any atom is -0.489 e. The lowest BCUT2D eigenvalue weighted by Gasteiger charge is -2.28. The number of alkyl carbamates (subject to hydrolysis) is 1. The number of carbonyl (C=O) groups is 2. The zero-order chi connectivity index (χ0) is 18.7. The lowest BCUT2D eigenvalue weighted by atomic mass is 10.0. The molecular weight excluding hydrogens is 340 g/mol. The highest BCUT2D eigenvalue weighted by molar-refractivity contribution is 8.00. The summed E-state index contributed by atoms with van der Waals surface area (Å²) in [6.45, 7) is 8.55. The molecule has 1 saturated heterocycles. The molecule has 0 bridgehead atoms. The molecule has 0 radical (unpaired) electrons. The van der Waals surface area contributed by atoms with Crippen molar-refractivity contribution in [3.63, 3.8) is 0 Å². The minimum atomic E-state index is -1.11. The molecule has 138 valence electrons. The molecular formula is C18H26N2O4S. The van der Waals surface area contributed by atoms with Crippen molar-refractivity contribution >= 4 is 29.4 Å². The lowest BCUT2D eigenvalue weighted by Crippen LogP contribution is -2.53. The van der Waals surface area contributed by atoms with Crippen molar-refractivity contribution in [1.29, 1.82) is 0 Å². The van der Waals surface area contributed by atoms with Gasteiger partial charge in [-0.3, -0.25) is 4.79 Å². The molecule has 0 unspecified atom stereocenters. The van der Waals surface area contributed by atoms with Gasteiger partial charge in [0, 0.05) is 17.2 Å². The number of rotatable bonds is 5. The lowest BCUT2D eigenvalue weighted by molar-refractivity contribution is -0.121. The third-order valence-electron chi connectivity index (χ3n) is 3.40. The van der Waals surface area contributed by atoms with E-state index < -0.39 is 17.2 Å². The Hall–Kier alpha value is -1.89. The van der Waals surface area contributed by atoms with E-state index in [0.29, 0.717) is 5.69 Å². The van der Waals surface area contributed by atoms with E-state index in [4.69, 9.17) is 9.47 Å². The topological polar surface area (TPSA) is 76.7 Å². The second-order valence-corrected chi connectivity index (χ2v) is 8.58. The van der Waals surface area contributed by atoms with Crippen LogP contribution in [0.3, 0.4) is 0 Å². The van der Waals surface area contributed by atoms with Crippen LogP contribution in [0.25, 0.3) is 0 Å². The van der Waals surface area contributed by atoms with E-state index >= 15 is 0 Å². The molecule has 1 aliphatic heterocycles. The van der Waals surface area contributed by atoms with Crippen molar-refractivity contribution in [3.8, 4) is 5.75 Å². The van der Waals surface area contributed by atoms with E-state index in [9.17, 15) is 9.59 Å². The Morgan fingerprint density at radius 2 is 1.68 bits per heavy atom. The number of ether oxygens (including phenoxy) is 2. The van der Waals surface area contributed by atoms with Crippen LogP contribution in [0.4, 0.5) is 10.5 Å². The van der Waals surface area contributed by atoms with E-state index in [1.807, 2.05) is 23.9 Å².